The monoisotopic (exact) mass is 367 g/mol. The van der Waals surface area contributed by atoms with E-state index in [0.29, 0.717) is 12.9 Å². The van der Waals surface area contributed by atoms with E-state index < -0.39 is 29.6 Å². The molecule has 26 heavy (non-hydrogen) atoms. The van der Waals surface area contributed by atoms with Gasteiger partial charge in [-0.05, 0) is 26.2 Å². The predicted octanol–water partition coefficient (Wildman–Crippen LogP) is 1.51. The molecular weight excluding hydrogens is 338 g/mol. The fraction of sp³-hybridized carbons (Fsp3) is 0.632. The van der Waals surface area contributed by atoms with Crippen LogP contribution >= 0.6 is 0 Å². The molecule has 0 radical (unpaired) electrons. The molecule has 0 aliphatic carbocycles. The Morgan fingerprint density at radius 2 is 2.08 bits per heavy atom. The first-order chi connectivity index (χ1) is 12.3. The Morgan fingerprint density at radius 1 is 1.38 bits per heavy atom. The molecule has 1 fully saturated rings. The summed E-state index contributed by atoms with van der Waals surface area (Å²) in [5, 5.41) is 13.6. The molecule has 1 heterocycles. The highest BCUT2D eigenvalue weighted by molar-refractivity contribution is 5.85. The molecule has 0 aromatic rings. The van der Waals surface area contributed by atoms with E-state index in [1.54, 1.807) is 6.92 Å². The summed E-state index contributed by atoms with van der Waals surface area (Å²) in [6, 6.07) is -0.747. The summed E-state index contributed by atoms with van der Waals surface area (Å²) in [4.78, 5) is 34.8. The molecule has 1 aliphatic rings. The van der Waals surface area contributed by atoms with Gasteiger partial charge in [0.2, 0.25) is 5.91 Å². The molecular formula is C19H29NO6. The van der Waals surface area contributed by atoms with E-state index in [1.165, 1.54) is 19.3 Å². The van der Waals surface area contributed by atoms with Crippen LogP contribution in [0, 0.1) is 11.8 Å². The van der Waals surface area contributed by atoms with Gasteiger partial charge < -0.3 is 19.9 Å². The van der Waals surface area contributed by atoms with Crippen molar-refractivity contribution in [1.82, 2.24) is 5.32 Å². The molecule has 0 aromatic heterocycles. The lowest BCUT2D eigenvalue weighted by atomic mass is 9.78. The van der Waals surface area contributed by atoms with Crippen molar-refractivity contribution in [3.63, 3.8) is 0 Å². The second kappa shape index (κ2) is 10.1. The van der Waals surface area contributed by atoms with Crippen LogP contribution in [0.1, 0.15) is 40.0 Å². The van der Waals surface area contributed by atoms with Gasteiger partial charge in [0.05, 0.1) is 25.2 Å². The third-order valence-corrected chi connectivity index (χ3v) is 4.92. The van der Waals surface area contributed by atoms with E-state index in [4.69, 9.17) is 4.74 Å². The summed E-state index contributed by atoms with van der Waals surface area (Å²) in [7, 11) is 1.26. The smallest absolute Gasteiger partial charge is 0.330 e. The first-order valence-electron chi connectivity index (χ1n) is 8.86. The average molecular weight is 367 g/mol. The summed E-state index contributed by atoms with van der Waals surface area (Å²) >= 11 is 0. The fourth-order valence-corrected chi connectivity index (χ4v) is 3.32. The zero-order chi connectivity index (χ0) is 19.7. The molecule has 0 bridgehead atoms. The van der Waals surface area contributed by atoms with E-state index in [2.05, 4.69) is 10.1 Å². The van der Waals surface area contributed by atoms with Crippen LogP contribution in [-0.4, -0.2) is 48.3 Å². The van der Waals surface area contributed by atoms with Gasteiger partial charge >= 0.3 is 5.97 Å². The molecule has 0 aromatic carbocycles. The van der Waals surface area contributed by atoms with Gasteiger partial charge in [0.15, 0.2) is 0 Å². The van der Waals surface area contributed by atoms with Crippen molar-refractivity contribution < 1.29 is 29.0 Å². The van der Waals surface area contributed by atoms with Crippen molar-refractivity contribution in [1.29, 1.82) is 0 Å². The minimum absolute atomic E-state index is 0.177. The van der Waals surface area contributed by atoms with Gasteiger partial charge in [-0.3, -0.25) is 9.59 Å². The quantitative estimate of drug-likeness (QED) is 0.263. The Bertz CT molecular complexity index is 558. The molecule has 7 heteroatoms. The van der Waals surface area contributed by atoms with Crippen LogP contribution in [0.3, 0.4) is 0 Å². The number of allylic oxidation sites excluding steroid dienone is 2. The molecule has 1 saturated heterocycles. The van der Waals surface area contributed by atoms with E-state index in [9.17, 15) is 19.5 Å². The number of methoxy groups -OCH3 is 1. The van der Waals surface area contributed by atoms with E-state index in [1.807, 2.05) is 26.0 Å². The van der Waals surface area contributed by atoms with E-state index >= 15 is 0 Å². The van der Waals surface area contributed by atoms with Gasteiger partial charge in [-0.2, -0.15) is 0 Å². The lowest BCUT2D eigenvalue weighted by Gasteiger charge is -2.36. The molecule has 1 amide bonds. The number of hydrogen-bond acceptors (Lipinski definition) is 6. The Balaban J connectivity index is 3.07. The van der Waals surface area contributed by atoms with Crippen LogP contribution < -0.4 is 5.32 Å². The summed E-state index contributed by atoms with van der Waals surface area (Å²) < 4.78 is 9.81. The Hall–Kier alpha value is -2.15. The largest absolute Gasteiger partial charge is 0.466 e. The third kappa shape index (κ3) is 4.94. The number of esters is 1. The molecule has 2 N–H and O–H groups in total. The number of carbonyl (C=O) groups is 3. The molecule has 0 saturated carbocycles. The first kappa shape index (κ1) is 21.9. The number of hydrogen-bond donors (Lipinski definition) is 2. The zero-order valence-electron chi connectivity index (χ0n) is 15.8. The molecule has 1 rings (SSSR count). The van der Waals surface area contributed by atoms with E-state index in [0.717, 1.165) is 6.42 Å². The molecule has 7 nitrogen and oxygen atoms in total. The molecule has 146 valence electrons. The number of amides is 1. The molecule has 0 spiro atoms. The minimum Gasteiger partial charge on any atom is -0.466 e. The maximum absolute atomic E-state index is 12.5. The third-order valence-electron chi connectivity index (χ3n) is 4.92. The second-order valence-corrected chi connectivity index (χ2v) is 6.50. The number of rotatable bonds is 10. The topological polar surface area (TPSA) is 102 Å². The Morgan fingerprint density at radius 3 is 2.62 bits per heavy atom. The van der Waals surface area contributed by atoms with Crippen LogP contribution in [0.5, 0.6) is 0 Å². The summed E-state index contributed by atoms with van der Waals surface area (Å²) in [6.07, 6.45) is 7.38. The van der Waals surface area contributed by atoms with Crippen LogP contribution in [0.25, 0.3) is 0 Å². The normalized spacial score (nSPS) is 28.1. The van der Waals surface area contributed by atoms with Crippen LogP contribution in [0.4, 0.5) is 0 Å². The van der Waals surface area contributed by atoms with Crippen molar-refractivity contribution in [2.45, 2.75) is 57.8 Å². The summed E-state index contributed by atoms with van der Waals surface area (Å²) in [6.45, 7) is 5.86. The van der Waals surface area contributed by atoms with Gasteiger partial charge in [0.25, 0.3) is 6.47 Å². The Labute approximate surface area is 154 Å². The summed E-state index contributed by atoms with van der Waals surface area (Å²) in [5.74, 6) is -1.77. The van der Waals surface area contributed by atoms with E-state index in [-0.39, 0.29) is 18.2 Å². The maximum atomic E-state index is 12.5. The Kier molecular flexibility index (Phi) is 8.51. The van der Waals surface area contributed by atoms with Crippen molar-refractivity contribution in [3.8, 4) is 0 Å². The van der Waals surface area contributed by atoms with Crippen LogP contribution in [0.2, 0.25) is 0 Å². The van der Waals surface area contributed by atoms with Crippen molar-refractivity contribution in [3.05, 3.63) is 24.3 Å². The molecule has 0 unspecified atom stereocenters. The van der Waals surface area contributed by atoms with Crippen molar-refractivity contribution in [2.24, 2.45) is 11.8 Å². The maximum Gasteiger partial charge on any atom is 0.330 e. The van der Waals surface area contributed by atoms with Crippen LogP contribution in [-0.2, 0) is 23.9 Å². The van der Waals surface area contributed by atoms with Crippen molar-refractivity contribution in [2.75, 3.05) is 7.11 Å². The standard InChI is InChI=1S/C19H29NO6/c1-5-7-9-13(6-2)16(23)17-19(3,26-12-21)14(18(24)20-17)10-8-11-15(22)25-4/h7-9,11-14,16-17,23H,5-6,10H2,1-4H3,(H,20,24)/b9-7-,11-8+/t13-,14-,16-,17-,19-/m0/s1. The number of carbonyl (C=O) groups excluding carboxylic acids is 3. The SMILES string of the molecule is CC/C=C\[C@H](CC)[C@H](O)[C@@H]1NC(=O)[C@H](C/C=C/C(=O)OC)[C@]1(C)OC=O. The summed E-state index contributed by atoms with van der Waals surface area (Å²) in [5.41, 5.74) is -1.23. The predicted molar refractivity (Wildman–Crippen MR) is 96.0 cm³/mol. The van der Waals surface area contributed by atoms with Gasteiger partial charge in [-0.15, -0.1) is 0 Å². The van der Waals surface area contributed by atoms with Gasteiger partial charge in [0, 0.05) is 12.0 Å². The van der Waals surface area contributed by atoms with Crippen molar-refractivity contribution >= 4 is 18.3 Å². The molecule has 5 atom stereocenters. The number of aliphatic hydroxyl groups is 1. The fourth-order valence-electron chi connectivity index (χ4n) is 3.32. The number of aliphatic hydroxyl groups excluding tert-OH is 1. The van der Waals surface area contributed by atoms with Gasteiger partial charge in [-0.1, -0.05) is 32.1 Å². The van der Waals surface area contributed by atoms with Gasteiger partial charge in [-0.25, -0.2) is 4.79 Å². The second-order valence-electron chi connectivity index (χ2n) is 6.50. The highest BCUT2D eigenvalue weighted by Gasteiger charge is 2.56. The lowest BCUT2D eigenvalue weighted by molar-refractivity contribution is -0.152. The number of ether oxygens (including phenoxy) is 2. The highest BCUT2D eigenvalue weighted by atomic mass is 16.5. The minimum atomic E-state index is -1.23. The van der Waals surface area contributed by atoms with Crippen LogP contribution in [0.15, 0.2) is 24.3 Å². The van der Waals surface area contributed by atoms with Gasteiger partial charge in [0.1, 0.15) is 5.60 Å². The highest BCUT2D eigenvalue weighted by Crippen LogP contribution is 2.37. The average Bonchev–Trinajstić information content (AvgIpc) is 2.86. The number of nitrogens with one attached hydrogen (secondary N) is 1. The first-order valence-corrected chi connectivity index (χ1v) is 8.86. The lowest BCUT2D eigenvalue weighted by Crippen LogP contribution is -2.54. The molecule has 1 aliphatic heterocycles. The zero-order valence-corrected chi connectivity index (χ0v) is 15.8.